The Morgan fingerprint density at radius 2 is 1.70 bits per heavy atom. The van der Waals surface area contributed by atoms with Crippen molar-refractivity contribution in [3.63, 3.8) is 0 Å². The van der Waals surface area contributed by atoms with Gasteiger partial charge in [-0.15, -0.1) is 0 Å². The highest BCUT2D eigenvalue weighted by Gasteiger charge is 2.24. The maximum Gasteiger partial charge on any atom is 0.408 e. The standard InChI is InChI=1S/C15H28N2O6/c1-10(2)22-13(19)16-9-7-8-11(12(18)21-6)17-14(20)23-15(3,4)5/h10-11H,7-9H2,1-6H3,(H,16,19)(H,17,20)/t11-/m0/s1. The van der Waals surface area contributed by atoms with Crippen LogP contribution < -0.4 is 10.6 Å². The zero-order valence-electron chi connectivity index (χ0n) is 14.7. The number of carbonyl (C=O) groups is 3. The molecule has 0 aromatic rings. The van der Waals surface area contributed by atoms with Crippen molar-refractivity contribution < 1.29 is 28.6 Å². The molecule has 0 saturated carbocycles. The fourth-order valence-corrected chi connectivity index (χ4v) is 1.59. The summed E-state index contributed by atoms with van der Waals surface area (Å²) in [6.07, 6.45) is -0.655. The Morgan fingerprint density at radius 1 is 1.09 bits per heavy atom. The summed E-state index contributed by atoms with van der Waals surface area (Å²) in [5, 5.41) is 5.03. The van der Waals surface area contributed by atoms with E-state index in [1.54, 1.807) is 34.6 Å². The van der Waals surface area contributed by atoms with Crippen molar-refractivity contribution in [3.05, 3.63) is 0 Å². The van der Waals surface area contributed by atoms with E-state index in [1.165, 1.54) is 7.11 Å². The third kappa shape index (κ3) is 11.3. The summed E-state index contributed by atoms with van der Waals surface area (Å²) >= 11 is 0. The number of rotatable bonds is 7. The average molecular weight is 332 g/mol. The van der Waals surface area contributed by atoms with E-state index < -0.39 is 29.8 Å². The number of alkyl carbamates (subject to hydrolysis) is 2. The van der Waals surface area contributed by atoms with Crippen LogP contribution >= 0.6 is 0 Å². The first-order valence-corrected chi connectivity index (χ1v) is 7.57. The molecule has 0 spiro atoms. The molecule has 0 aliphatic rings. The van der Waals surface area contributed by atoms with E-state index in [1.807, 2.05) is 0 Å². The molecule has 0 bridgehead atoms. The Morgan fingerprint density at radius 3 is 2.17 bits per heavy atom. The van der Waals surface area contributed by atoms with E-state index in [9.17, 15) is 14.4 Å². The third-order valence-corrected chi connectivity index (χ3v) is 2.46. The van der Waals surface area contributed by atoms with Crippen LogP contribution in [0.2, 0.25) is 0 Å². The largest absolute Gasteiger partial charge is 0.467 e. The molecule has 0 saturated heterocycles. The molecule has 0 fully saturated rings. The number of methoxy groups -OCH3 is 1. The van der Waals surface area contributed by atoms with E-state index in [-0.39, 0.29) is 6.10 Å². The molecule has 8 nitrogen and oxygen atoms in total. The van der Waals surface area contributed by atoms with Crippen molar-refractivity contribution in [2.75, 3.05) is 13.7 Å². The maximum absolute atomic E-state index is 11.7. The lowest BCUT2D eigenvalue weighted by Crippen LogP contribution is -2.44. The van der Waals surface area contributed by atoms with Gasteiger partial charge in [0.15, 0.2) is 0 Å². The Hall–Kier alpha value is -1.99. The van der Waals surface area contributed by atoms with Crippen molar-refractivity contribution in [1.29, 1.82) is 0 Å². The molecule has 0 aromatic heterocycles. The minimum Gasteiger partial charge on any atom is -0.467 e. The molecule has 0 rings (SSSR count). The van der Waals surface area contributed by atoms with Crippen LogP contribution in [-0.2, 0) is 19.0 Å². The average Bonchev–Trinajstić information content (AvgIpc) is 2.38. The molecule has 0 radical (unpaired) electrons. The first-order valence-electron chi connectivity index (χ1n) is 7.57. The lowest BCUT2D eigenvalue weighted by molar-refractivity contribution is -0.143. The predicted octanol–water partition coefficient (Wildman–Crippen LogP) is 1.97. The summed E-state index contributed by atoms with van der Waals surface area (Å²) in [6, 6.07) is -0.835. The van der Waals surface area contributed by atoms with Crippen molar-refractivity contribution >= 4 is 18.2 Å². The van der Waals surface area contributed by atoms with Crippen LogP contribution in [0.5, 0.6) is 0 Å². The summed E-state index contributed by atoms with van der Waals surface area (Å²) in [6.45, 7) is 8.99. The van der Waals surface area contributed by atoms with Gasteiger partial charge in [0.2, 0.25) is 0 Å². The molecule has 23 heavy (non-hydrogen) atoms. The third-order valence-electron chi connectivity index (χ3n) is 2.46. The highest BCUT2D eigenvalue weighted by Crippen LogP contribution is 2.08. The Bertz CT molecular complexity index is 403. The van der Waals surface area contributed by atoms with Crippen LogP contribution in [0, 0.1) is 0 Å². The van der Waals surface area contributed by atoms with Gasteiger partial charge < -0.3 is 24.8 Å². The molecule has 2 amide bonds. The molecule has 0 aromatic carbocycles. The van der Waals surface area contributed by atoms with Gasteiger partial charge in [-0.2, -0.15) is 0 Å². The molecular weight excluding hydrogens is 304 g/mol. The summed E-state index contributed by atoms with van der Waals surface area (Å²) < 4.78 is 14.7. The second-order valence-electron chi connectivity index (χ2n) is 6.25. The normalized spacial score (nSPS) is 12.3. The fraction of sp³-hybridized carbons (Fsp3) is 0.800. The SMILES string of the molecule is COC(=O)[C@H](CCCNC(=O)OC(C)C)NC(=O)OC(C)(C)C. The number of hydrogen-bond acceptors (Lipinski definition) is 6. The Kier molecular flexibility index (Phi) is 9.05. The van der Waals surface area contributed by atoms with Crippen molar-refractivity contribution in [2.45, 2.75) is 65.2 Å². The number of carbonyl (C=O) groups excluding carboxylic acids is 3. The smallest absolute Gasteiger partial charge is 0.408 e. The van der Waals surface area contributed by atoms with Gasteiger partial charge in [0, 0.05) is 6.54 Å². The predicted molar refractivity (Wildman–Crippen MR) is 84.0 cm³/mol. The Balaban J connectivity index is 4.29. The zero-order valence-corrected chi connectivity index (χ0v) is 14.7. The highest BCUT2D eigenvalue weighted by molar-refractivity contribution is 5.81. The summed E-state index contributed by atoms with van der Waals surface area (Å²) in [5.41, 5.74) is -0.660. The molecule has 0 aliphatic heterocycles. The van der Waals surface area contributed by atoms with Crippen molar-refractivity contribution in [2.24, 2.45) is 0 Å². The first kappa shape index (κ1) is 21.0. The number of amides is 2. The summed E-state index contributed by atoms with van der Waals surface area (Å²) in [5.74, 6) is -0.569. The molecule has 0 unspecified atom stereocenters. The maximum atomic E-state index is 11.7. The number of ether oxygens (including phenoxy) is 3. The number of esters is 1. The first-order chi connectivity index (χ1) is 10.5. The topological polar surface area (TPSA) is 103 Å². The quantitative estimate of drug-likeness (QED) is 0.420. The van der Waals surface area contributed by atoms with Crippen molar-refractivity contribution in [1.82, 2.24) is 10.6 Å². The minimum atomic E-state index is -0.835. The second kappa shape index (κ2) is 9.91. The van der Waals surface area contributed by atoms with Crippen LogP contribution in [-0.4, -0.2) is 49.6 Å². The van der Waals surface area contributed by atoms with E-state index in [0.717, 1.165) is 0 Å². The lowest BCUT2D eigenvalue weighted by atomic mass is 10.1. The van der Waals surface area contributed by atoms with Crippen LogP contribution in [0.25, 0.3) is 0 Å². The highest BCUT2D eigenvalue weighted by atomic mass is 16.6. The van der Waals surface area contributed by atoms with Crippen LogP contribution in [0.15, 0.2) is 0 Å². The van der Waals surface area contributed by atoms with Gasteiger partial charge >= 0.3 is 18.2 Å². The van der Waals surface area contributed by atoms with Gasteiger partial charge in [-0.25, -0.2) is 14.4 Å². The van der Waals surface area contributed by atoms with E-state index >= 15 is 0 Å². The van der Waals surface area contributed by atoms with Gasteiger partial charge in [-0.05, 0) is 47.5 Å². The van der Waals surface area contributed by atoms with Crippen LogP contribution in [0.3, 0.4) is 0 Å². The van der Waals surface area contributed by atoms with Crippen LogP contribution in [0.1, 0.15) is 47.5 Å². The Labute approximate surface area is 137 Å². The van der Waals surface area contributed by atoms with Gasteiger partial charge in [-0.1, -0.05) is 0 Å². The van der Waals surface area contributed by atoms with E-state index in [0.29, 0.717) is 19.4 Å². The van der Waals surface area contributed by atoms with Crippen molar-refractivity contribution in [3.8, 4) is 0 Å². The lowest BCUT2D eigenvalue weighted by Gasteiger charge is -2.22. The molecule has 2 N–H and O–H groups in total. The molecule has 1 atom stereocenters. The zero-order chi connectivity index (χ0) is 18.0. The molecule has 8 heteroatoms. The summed E-state index contributed by atoms with van der Waals surface area (Å²) in [7, 11) is 1.24. The fourth-order valence-electron chi connectivity index (χ4n) is 1.59. The summed E-state index contributed by atoms with van der Waals surface area (Å²) in [4.78, 5) is 34.7. The molecule has 0 heterocycles. The molecular formula is C15H28N2O6. The van der Waals surface area contributed by atoms with E-state index in [4.69, 9.17) is 9.47 Å². The monoisotopic (exact) mass is 332 g/mol. The van der Waals surface area contributed by atoms with E-state index in [2.05, 4.69) is 15.4 Å². The number of hydrogen-bond donors (Lipinski definition) is 2. The van der Waals surface area contributed by atoms with Gasteiger partial charge in [-0.3, -0.25) is 0 Å². The molecule has 134 valence electrons. The van der Waals surface area contributed by atoms with Crippen LogP contribution in [0.4, 0.5) is 9.59 Å². The van der Waals surface area contributed by atoms with Gasteiger partial charge in [0.25, 0.3) is 0 Å². The number of nitrogens with one attached hydrogen (secondary N) is 2. The minimum absolute atomic E-state index is 0.202. The van der Waals surface area contributed by atoms with Gasteiger partial charge in [0.05, 0.1) is 13.2 Å². The molecule has 0 aliphatic carbocycles. The second-order valence-corrected chi connectivity index (χ2v) is 6.25. The van der Waals surface area contributed by atoms with Gasteiger partial charge in [0.1, 0.15) is 11.6 Å².